The minimum Gasteiger partial charge on any atom is -0.365 e. The Balaban J connectivity index is 2.40. The molecule has 0 spiro atoms. The highest BCUT2D eigenvalue weighted by Gasteiger charge is 2.26. The van der Waals surface area contributed by atoms with Crippen molar-refractivity contribution in [2.45, 2.75) is 57.7 Å². The van der Waals surface area contributed by atoms with E-state index in [1.54, 1.807) is 19.0 Å². The third kappa shape index (κ3) is 5.19. The van der Waals surface area contributed by atoms with Gasteiger partial charge in [-0.3, -0.25) is 9.59 Å². The summed E-state index contributed by atoms with van der Waals surface area (Å²) in [6.07, 6.45) is 5.40. The van der Waals surface area contributed by atoms with Crippen LogP contribution in [0.1, 0.15) is 45.4 Å². The van der Waals surface area contributed by atoms with Crippen molar-refractivity contribution >= 4 is 11.8 Å². The van der Waals surface area contributed by atoms with Gasteiger partial charge in [0.15, 0.2) is 0 Å². The normalized spacial score (nSPS) is 17.2. The van der Waals surface area contributed by atoms with Crippen molar-refractivity contribution in [2.24, 2.45) is 0 Å². The second kappa shape index (κ2) is 8.15. The van der Waals surface area contributed by atoms with E-state index in [0.717, 1.165) is 12.8 Å². The number of likely N-dealkylation sites (N-methyl/N-ethyl adjacent to an activating group) is 1. The minimum atomic E-state index is -0.363. The highest BCUT2D eigenvalue weighted by Crippen LogP contribution is 2.23. The van der Waals surface area contributed by atoms with Crippen LogP contribution in [0, 0.1) is 0 Å². The third-order valence-corrected chi connectivity index (χ3v) is 3.63. The molecule has 2 amide bonds. The molecule has 0 aromatic heterocycles. The van der Waals surface area contributed by atoms with Crippen LogP contribution in [0.5, 0.6) is 0 Å². The van der Waals surface area contributed by atoms with Crippen LogP contribution in [-0.4, -0.2) is 49.6 Å². The molecule has 1 fully saturated rings. The summed E-state index contributed by atoms with van der Waals surface area (Å²) in [7, 11) is 3.33. The van der Waals surface area contributed by atoms with Crippen LogP contribution in [-0.2, 0) is 14.3 Å². The van der Waals surface area contributed by atoms with Gasteiger partial charge in [0.05, 0.1) is 6.10 Å². The fourth-order valence-electron chi connectivity index (χ4n) is 2.34. The van der Waals surface area contributed by atoms with Crippen LogP contribution in [0.4, 0.5) is 0 Å². The van der Waals surface area contributed by atoms with Gasteiger partial charge in [0, 0.05) is 27.1 Å². The molecule has 0 saturated heterocycles. The van der Waals surface area contributed by atoms with Gasteiger partial charge >= 0.3 is 0 Å². The van der Waals surface area contributed by atoms with E-state index in [1.807, 2.05) is 6.92 Å². The molecule has 110 valence electrons. The van der Waals surface area contributed by atoms with E-state index in [-0.39, 0.29) is 24.0 Å². The Bertz CT molecular complexity index is 301. The highest BCUT2D eigenvalue weighted by atomic mass is 16.5. The molecule has 0 bridgehead atoms. The van der Waals surface area contributed by atoms with Gasteiger partial charge in [0.25, 0.3) is 5.91 Å². The first-order valence-electron chi connectivity index (χ1n) is 7.19. The number of carbonyl (C=O) groups is 2. The number of nitrogens with one attached hydrogen (secondary N) is 1. The van der Waals surface area contributed by atoms with Gasteiger partial charge in [0.2, 0.25) is 5.91 Å². The number of amides is 2. The fraction of sp³-hybridized carbons (Fsp3) is 0.857. The summed E-state index contributed by atoms with van der Waals surface area (Å²) in [5.74, 6) is -0.0669. The second-order valence-electron chi connectivity index (χ2n) is 5.12. The van der Waals surface area contributed by atoms with Crippen molar-refractivity contribution in [3.63, 3.8) is 0 Å². The Morgan fingerprint density at radius 2 is 2.00 bits per heavy atom. The average molecular weight is 270 g/mol. The van der Waals surface area contributed by atoms with E-state index >= 15 is 0 Å². The maximum atomic E-state index is 12.2. The lowest BCUT2D eigenvalue weighted by molar-refractivity contribution is -0.146. The molecule has 1 aliphatic carbocycles. The standard InChI is InChI=1S/C14H26N2O3/c1-4-12(19-11-7-5-6-8-11)14(18)16(3)10-9-13(17)15-2/h11-12H,4-10H2,1-3H3,(H,15,17). The van der Waals surface area contributed by atoms with Crippen LogP contribution in [0.2, 0.25) is 0 Å². The zero-order valence-corrected chi connectivity index (χ0v) is 12.3. The first kappa shape index (κ1) is 16.0. The summed E-state index contributed by atoms with van der Waals surface area (Å²) in [6.45, 7) is 2.40. The van der Waals surface area contributed by atoms with Crippen molar-refractivity contribution in [1.29, 1.82) is 0 Å². The van der Waals surface area contributed by atoms with Crippen molar-refractivity contribution in [3.05, 3.63) is 0 Å². The molecule has 1 aliphatic rings. The van der Waals surface area contributed by atoms with Crippen LogP contribution in [0.3, 0.4) is 0 Å². The molecule has 19 heavy (non-hydrogen) atoms. The molecule has 0 aromatic carbocycles. The number of rotatable bonds is 7. The van der Waals surface area contributed by atoms with E-state index in [2.05, 4.69) is 5.32 Å². The van der Waals surface area contributed by atoms with Crippen LogP contribution < -0.4 is 5.32 Å². The highest BCUT2D eigenvalue weighted by molar-refractivity contribution is 5.81. The van der Waals surface area contributed by atoms with Crippen LogP contribution >= 0.6 is 0 Å². The predicted octanol–water partition coefficient (Wildman–Crippen LogP) is 1.32. The molecule has 1 N–H and O–H groups in total. The van der Waals surface area contributed by atoms with Gasteiger partial charge in [-0.1, -0.05) is 19.8 Å². The lowest BCUT2D eigenvalue weighted by Gasteiger charge is -2.25. The summed E-state index contributed by atoms with van der Waals surface area (Å²) >= 11 is 0. The largest absolute Gasteiger partial charge is 0.365 e. The SMILES string of the molecule is CCC(OC1CCCC1)C(=O)N(C)CCC(=O)NC. The zero-order chi connectivity index (χ0) is 14.3. The average Bonchev–Trinajstić information content (AvgIpc) is 2.93. The second-order valence-corrected chi connectivity index (χ2v) is 5.12. The Hall–Kier alpha value is -1.10. The molecule has 0 radical (unpaired) electrons. The van der Waals surface area contributed by atoms with Gasteiger partial charge in [-0.2, -0.15) is 0 Å². The molecule has 1 saturated carbocycles. The molecular weight excluding hydrogens is 244 g/mol. The molecule has 1 rings (SSSR count). The topological polar surface area (TPSA) is 58.6 Å². The van der Waals surface area contributed by atoms with E-state index in [1.165, 1.54) is 12.8 Å². The van der Waals surface area contributed by atoms with Gasteiger partial charge in [0.1, 0.15) is 6.10 Å². The number of hydrogen-bond donors (Lipinski definition) is 1. The molecule has 1 atom stereocenters. The Kier molecular flexibility index (Phi) is 6.84. The molecule has 5 heteroatoms. The molecular formula is C14H26N2O3. The number of carbonyl (C=O) groups excluding carboxylic acids is 2. The summed E-state index contributed by atoms with van der Waals surface area (Å²) in [4.78, 5) is 25.0. The van der Waals surface area contributed by atoms with Crippen LogP contribution in [0.25, 0.3) is 0 Å². The Morgan fingerprint density at radius 1 is 1.37 bits per heavy atom. The van der Waals surface area contributed by atoms with Gasteiger partial charge in [-0.25, -0.2) is 0 Å². The Morgan fingerprint density at radius 3 is 2.53 bits per heavy atom. The molecule has 0 aliphatic heterocycles. The third-order valence-electron chi connectivity index (χ3n) is 3.63. The van der Waals surface area contributed by atoms with Crippen molar-refractivity contribution in [2.75, 3.05) is 20.6 Å². The summed E-state index contributed by atoms with van der Waals surface area (Å²) in [5.41, 5.74) is 0. The maximum absolute atomic E-state index is 12.2. The fourth-order valence-corrected chi connectivity index (χ4v) is 2.34. The summed E-state index contributed by atoms with van der Waals surface area (Å²) < 4.78 is 5.88. The zero-order valence-electron chi connectivity index (χ0n) is 12.3. The molecule has 0 aromatic rings. The lowest BCUT2D eigenvalue weighted by atomic mass is 10.2. The Labute approximate surface area is 115 Å². The molecule has 0 heterocycles. The first-order valence-corrected chi connectivity index (χ1v) is 7.19. The maximum Gasteiger partial charge on any atom is 0.251 e. The molecule has 5 nitrogen and oxygen atoms in total. The van der Waals surface area contributed by atoms with E-state index < -0.39 is 0 Å². The van der Waals surface area contributed by atoms with E-state index in [9.17, 15) is 9.59 Å². The monoisotopic (exact) mass is 270 g/mol. The first-order chi connectivity index (χ1) is 9.08. The van der Waals surface area contributed by atoms with E-state index in [4.69, 9.17) is 4.74 Å². The predicted molar refractivity (Wildman–Crippen MR) is 73.7 cm³/mol. The van der Waals surface area contributed by atoms with Crippen molar-refractivity contribution in [1.82, 2.24) is 10.2 Å². The van der Waals surface area contributed by atoms with Gasteiger partial charge < -0.3 is 15.0 Å². The minimum absolute atomic E-state index is 0.0155. The number of hydrogen-bond acceptors (Lipinski definition) is 3. The van der Waals surface area contributed by atoms with Gasteiger partial charge in [-0.15, -0.1) is 0 Å². The van der Waals surface area contributed by atoms with Crippen molar-refractivity contribution in [3.8, 4) is 0 Å². The smallest absolute Gasteiger partial charge is 0.251 e. The molecule has 1 unspecified atom stereocenters. The van der Waals surface area contributed by atoms with Gasteiger partial charge in [-0.05, 0) is 19.3 Å². The van der Waals surface area contributed by atoms with Crippen LogP contribution in [0.15, 0.2) is 0 Å². The number of nitrogens with zero attached hydrogens (tertiary/aromatic N) is 1. The quantitative estimate of drug-likeness (QED) is 0.759. The van der Waals surface area contributed by atoms with Crippen molar-refractivity contribution < 1.29 is 14.3 Å². The lowest BCUT2D eigenvalue weighted by Crippen LogP contribution is -2.40. The summed E-state index contributed by atoms with van der Waals surface area (Å²) in [6, 6.07) is 0. The summed E-state index contributed by atoms with van der Waals surface area (Å²) in [5, 5.41) is 2.55. The number of ether oxygens (including phenoxy) is 1. The van der Waals surface area contributed by atoms with E-state index in [0.29, 0.717) is 19.4 Å².